The number of carbonyl (C=O) groups is 1. The van der Waals surface area contributed by atoms with Crippen LogP contribution in [0.2, 0.25) is 0 Å². The first-order chi connectivity index (χ1) is 8.13. The van der Waals surface area contributed by atoms with Gasteiger partial charge in [-0.2, -0.15) is 0 Å². The summed E-state index contributed by atoms with van der Waals surface area (Å²) in [5.41, 5.74) is 2.60. The summed E-state index contributed by atoms with van der Waals surface area (Å²) in [4.78, 5) is 11.1. The van der Waals surface area contributed by atoms with Crippen molar-refractivity contribution in [3.63, 3.8) is 0 Å². The van der Waals surface area contributed by atoms with Gasteiger partial charge in [-0.15, -0.1) is 11.8 Å². The molecule has 17 heavy (non-hydrogen) atoms. The van der Waals surface area contributed by atoms with E-state index in [-0.39, 0.29) is 5.97 Å². The first-order valence-electron chi connectivity index (χ1n) is 5.95. The number of esters is 1. The van der Waals surface area contributed by atoms with E-state index < -0.39 is 0 Å². The maximum Gasteiger partial charge on any atom is 0.315 e. The highest BCUT2D eigenvalue weighted by molar-refractivity contribution is 7.99. The van der Waals surface area contributed by atoms with Gasteiger partial charge in [0.1, 0.15) is 0 Å². The molecule has 0 bridgehead atoms. The quantitative estimate of drug-likeness (QED) is 0.723. The molecule has 0 heterocycles. The van der Waals surface area contributed by atoms with Crippen LogP contribution < -0.4 is 0 Å². The lowest BCUT2D eigenvalue weighted by molar-refractivity contribution is -0.139. The fraction of sp³-hybridized carbons (Fsp3) is 0.500. The minimum absolute atomic E-state index is 0.128. The third-order valence-electron chi connectivity index (χ3n) is 2.44. The number of benzene rings is 1. The molecule has 0 aliphatic heterocycles. The summed E-state index contributed by atoms with van der Waals surface area (Å²) in [6.07, 6.45) is 0. The molecule has 1 aromatic carbocycles. The first-order valence-corrected chi connectivity index (χ1v) is 7.11. The Labute approximate surface area is 108 Å². The molecule has 0 fully saturated rings. The molecule has 0 saturated heterocycles. The van der Waals surface area contributed by atoms with Crippen LogP contribution in [0.25, 0.3) is 0 Å². The van der Waals surface area contributed by atoms with E-state index in [1.54, 1.807) is 11.8 Å². The lowest BCUT2D eigenvalue weighted by Crippen LogP contribution is -2.06. The van der Waals surface area contributed by atoms with Crippen LogP contribution in [0.5, 0.6) is 0 Å². The van der Waals surface area contributed by atoms with Gasteiger partial charge in [-0.3, -0.25) is 4.79 Å². The topological polar surface area (TPSA) is 26.3 Å². The molecule has 0 aliphatic rings. The zero-order valence-corrected chi connectivity index (χ0v) is 11.5. The van der Waals surface area contributed by atoms with Gasteiger partial charge in [0.15, 0.2) is 0 Å². The van der Waals surface area contributed by atoms with Crippen molar-refractivity contribution in [1.29, 1.82) is 0 Å². The van der Waals surface area contributed by atoms with E-state index in [0.717, 1.165) is 5.75 Å². The van der Waals surface area contributed by atoms with Gasteiger partial charge in [-0.25, -0.2) is 0 Å². The molecular weight excluding hydrogens is 232 g/mol. The summed E-state index contributed by atoms with van der Waals surface area (Å²) in [5, 5.41) is 0. The molecule has 0 aromatic heterocycles. The van der Waals surface area contributed by atoms with Gasteiger partial charge in [0, 0.05) is 5.75 Å². The van der Waals surface area contributed by atoms with Crippen LogP contribution in [0.4, 0.5) is 0 Å². The van der Waals surface area contributed by atoms with Gasteiger partial charge < -0.3 is 4.74 Å². The number of thioether (sulfide) groups is 1. The molecule has 0 aliphatic carbocycles. The second kappa shape index (κ2) is 7.38. The standard InChI is InChI=1S/C14H20O2S/c1-4-16-14(15)10-17-9-12-5-7-13(8-6-12)11(2)3/h5-8,11H,4,9-10H2,1-3H3. The maximum absolute atomic E-state index is 11.1. The Morgan fingerprint density at radius 1 is 1.29 bits per heavy atom. The van der Waals surface area contributed by atoms with Crippen LogP contribution in [0.1, 0.15) is 37.8 Å². The van der Waals surface area contributed by atoms with Crippen LogP contribution in [-0.4, -0.2) is 18.3 Å². The second-order valence-electron chi connectivity index (χ2n) is 4.19. The van der Waals surface area contributed by atoms with Gasteiger partial charge in [0.2, 0.25) is 0 Å². The number of hydrogen-bond acceptors (Lipinski definition) is 3. The largest absolute Gasteiger partial charge is 0.465 e. The van der Waals surface area contributed by atoms with E-state index in [0.29, 0.717) is 18.3 Å². The summed E-state index contributed by atoms with van der Waals surface area (Å²) in [7, 11) is 0. The van der Waals surface area contributed by atoms with E-state index in [2.05, 4.69) is 38.1 Å². The molecule has 0 unspecified atom stereocenters. The molecular formula is C14H20O2S. The molecule has 0 amide bonds. The van der Waals surface area contributed by atoms with E-state index >= 15 is 0 Å². The van der Waals surface area contributed by atoms with Crippen molar-refractivity contribution in [2.24, 2.45) is 0 Å². The third kappa shape index (κ3) is 5.26. The fourth-order valence-corrected chi connectivity index (χ4v) is 2.23. The Morgan fingerprint density at radius 3 is 2.47 bits per heavy atom. The zero-order chi connectivity index (χ0) is 12.7. The zero-order valence-electron chi connectivity index (χ0n) is 10.7. The summed E-state index contributed by atoms with van der Waals surface area (Å²) in [6, 6.07) is 8.58. The molecule has 1 aromatic rings. The molecule has 2 nitrogen and oxygen atoms in total. The van der Waals surface area contributed by atoms with Crippen molar-refractivity contribution in [3.8, 4) is 0 Å². The summed E-state index contributed by atoms with van der Waals surface area (Å²) in [5.74, 6) is 1.73. The summed E-state index contributed by atoms with van der Waals surface area (Å²) < 4.78 is 4.87. The van der Waals surface area contributed by atoms with Gasteiger partial charge in [0.25, 0.3) is 0 Å². The highest BCUT2D eigenvalue weighted by atomic mass is 32.2. The van der Waals surface area contributed by atoms with Crippen LogP contribution in [0, 0.1) is 0 Å². The average Bonchev–Trinajstić information content (AvgIpc) is 2.30. The molecule has 1 rings (SSSR count). The number of carbonyl (C=O) groups excluding carboxylic acids is 1. The Hall–Kier alpha value is -0.960. The van der Waals surface area contributed by atoms with Crippen LogP contribution in [0.3, 0.4) is 0 Å². The van der Waals surface area contributed by atoms with Crippen molar-refractivity contribution in [2.45, 2.75) is 32.4 Å². The van der Waals surface area contributed by atoms with Crippen LogP contribution in [-0.2, 0) is 15.3 Å². The Bertz CT molecular complexity index is 344. The Balaban J connectivity index is 2.35. The number of rotatable bonds is 6. The van der Waals surface area contributed by atoms with Crippen molar-refractivity contribution >= 4 is 17.7 Å². The fourth-order valence-electron chi connectivity index (χ4n) is 1.45. The lowest BCUT2D eigenvalue weighted by Gasteiger charge is -2.06. The predicted molar refractivity (Wildman–Crippen MR) is 73.3 cm³/mol. The normalized spacial score (nSPS) is 10.6. The van der Waals surface area contributed by atoms with Crippen molar-refractivity contribution < 1.29 is 9.53 Å². The molecule has 3 heteroatoms. The average molecular weight is 252 g/mol. The van der Waals surface area contributed by atoms with E-state index in [9.17, 15) is 4.79 Å². The molecule has 0 atom stereocenters. The smallest absolute Gasteiger partial charge is 0.315 e. The van der Waals surface area contributed by atoms with Crippen LogP contribution >= 0.6 is 11.8 Å². The SMILES string of the molecule is CCOC(=O)CSCc1ccc(C(C)C)cc1. The summed E-state index contributed by atoms with van der Waals surface area (Å²) in [6.45, 7) is 6.66. The molecule has 94 valence electrons. The van der Waals surface area contributed by atoms with Gasteiger partial charge >= 0.3 is 5.97 Å². The third-order valence-corrected chi connectivity index (χ3v) is 3.42. The molecule has 0 N–H and O–H groups in total. The van der Waals surface area contributed by atoms with E-state index in [4.69, 9.17) is 4.74 Å². The highest BCUT2D eigenvalue weighted by Crippen LogP contribution is 2.17. The van der Waals surface area contributed by atoms with Crippen LogP contribution in [0.15, 0.2) is 24.3 Å². The first kappa shape index (κ1) is 14.1. The predicted octanol–water partition coefficient (Wildman–Crippen LogP) is 3.61. The summed E-state index contributed by atoms with van der Waals surface area (Å²) >= 11 is 1.59. The molecule has 0 saturated carbocycles. The van der Waals surface area contributed by atoms with Crippen molar-refractivity contribution in [1.82, 2.24) is 0 Å². The second-order valence-corrected chi connectivity index (χ2v) is 5.18. The number of ether oxygens (including phenoxy) is 1. The minimum atomic E-state index is -0.128. The Kier molecular flexibility index (Phi) is 6.12. The molecule has 0 spiro atoms. The van der Waals surface area contributed by atoms with Gasteiger partial charge in [-0.05, 0) is 24.0 Å². The monoisotopic (exact) mass is 252 g/mol. The lowest BCUT2D eigenvalue weighted by atomic mass is 10.0. The van der Waals surface area contributed by atoms with Gasteiger partial charge in [-0.1, -0.05) is 38.1 Å². The minimum Gasteiger partial charge on any atom is -0.465 e. The maximum atomic E-state index is 11.1. The van der Waals surface area contributed by atoms with Gasteiger partial charge in [0.05, 0.1) is 12.4 Å². The van der Waals surface area contributed by atoms with Crippen molar-refractivity contribution in [3.05, 3.63) is 35.4 Å². The van der Waals surface area contributed by atoms with Crippen molar-refractivity contribution in [2.75, 3.05) is 12.4 Å². The van der Waals surface area contributed by atoms with E-state index in [1.807, 2.05) is 6.92 Å². The highest BCUT2D eigenvalue weighted by Gasteiger charge is 2.03. The molecule has 0 radical (unpaired) electrons. The number of hydrogen-bond donors (Lipinski definition) is 0. The Morgan fingerprint density at radius 2 is 1.94 bits per heavy atom. The van der Waals surface area contributed by atoms with E-state index in [1.165, 1.54) is 11.1 Å².